The molecular formula is C20H22O2S3. The summed E-state index contributed by atoms with van der Waals surface area (Å²) in [5.41, 5.74) is 3.28. The average molecular weight is 391 g/mol. The molecule has 0 radical (unpaired) electrons. The molecular weight excluding hydrogens is 368 g/mol. The Hall–Kier alpha value is -1.27. The third kappa shape index (κ3) is 4.29. The molecule has 0 spiro atoms. The van der Waals surface area contributed by atoms with Crippen molar-refractivity contribution in [2.45, 2.75) is 30.1 Å². The fourth-order valence-corrected chi connectivity index (χ4v) is 5.80. The Balaban J connectivity index is 1.86. The van der Waals surface area contributed by atoms with Gasteiger partial charge in [-0.1, -0.05) is 25.5 Å². The number of benzene rings is 1. The Morgan fingerprint density at radius 2 is 1.76 bits per heavy atom. The van der Waals surface area contributed by atoms with Crippen molar-refractivity contribution in [3.8, 4) is 16.9 Å². The van der Waals surface area contributed by atoms with Gasteiger partial charge >= 0.3 is 0 Å². The molecule has 2 nitrogen and oxygen atoms in total. The van der Waals surface area contributed by atoms with Gasteiger partial charge in [-0.05, 0) is 52.8 Å². The van der Waals surface area contributed by atoms with Gasteiger partial charge in [0.05, 0.1) is 11.3 Å². The lowest BCUT2D eigenvalue weighted by Crippen LogP contribution is -1.99. The second kappa shape index (κ2) is 8.90. The molecule has 0 aliphatic carbocycles. The van der Waals surface area contributed by atoms with Gasteiger partial charge < -0.3 is 9.84 Å². The van der Waals surface area contributed by atoms with Gasteiger partial charge in [0.25, 0.3) is 0 Å². The summed E-state index contributed by atoms with van der Waals surface area (Å²) in [5, 5.41) is 15.1. The fraction of sp³-hybridized carbons (Fsp3) is 0.300. The van der Waals surface area contributed by atoms with E-state index in [2.05, 4.69) is 29.8 Å². The molecule has 3 rings (SSSR count). The number of aliphatic hydroxyl groups excluding tert-OH is 1. The molecule has 0 saturated heterocycles. The maximum absolute atomic E-state index is 10.9. The minimum absolute atomic E-state index is 0.616. The summed E-state index contributed by atoms with van der Waals surface area (Å²) in [6.45, 7) is 2.22. The minimum atomic E-state index is -0.616. The van der Waals surface area contributed by atoms with Crippen LogP contribution in [0.4, 0.5) is 0 Å². The van der Waals surface area contributed by atoms with Crippen molar-refractivity contribution in [2.75, 3.05) is 12.9 Å². The molecule has 0 aliphatic heterocycles. The maximum Gasteiger partial charge on any atom is 0.118 e. The lowest BCUT2D eigenvalue weighted by atomic mass is 10.0. The number of unbranched alkanes of at least 4 members (excludes halogenated alkanes) is 1. The summed E-state index contributed by atoms with van der Waals surface area (Å²) in [6, 6.07) is 11.9. The van der Waals surface area contributed by atoms with Crippen LogP contribution in [0.1, 0.15) is 36.3 Å². The smallest absolute Gasteiger partial charge is 0.118 e. The van der Waals surface area contributed by atoms with Crippen LogP contribution in [0.2, 0.25) is 0 Å². The lowest BCUT2D eigenvalue weighted by molar-refractivity contribution is 0.224. The first kappa shape index (κ1) is 18.5. The Morgan fingerprint density at radius 3 is 2.48 bits per heavy atom. The van der Waals surface area contributed by atoms with E-state index in [0.717, 1.165) is 27.5 Å². The normalized spacial score (nSPS) is 12.3. The molecule has 2 aromatic heterocycles. The van der Waals surface area contributed by atoms with E-state index in [9.17, 15) is 5.11 Å². The Kier molecular flexibility index (Phi) is 6.59. The Morgan fingerprint density at radius 1 is 1.04 bits per heavy atom. The summed E-state index contributed by atoms with van der Waals surface area (Å²) in [7, 11) is 1.65. The standard InChI is InChI=1S/C20H22O2S3/c1-3-4-11-24-20-17(10-13-25-20)16-9-12-23-19(16)18(21)14-5-7-15(22-2)8-6-14/h5-10,12-13,18,21H,3-4,11H2,1-2H3. The van der Waals surface area contributed by atoms with Gasteiger partial charge in [0.2, 0.25) is 0 Å². The van der Waals surface area contributed by atoms with Gasteiger partial charge in [-0.2, -0.15) is 0 Å². The SMILES string of the molecule is CCCCSc1sccc1-c1ccsc1C(O)c1ccc(OC)cc1. The molecule has 0 bridgehead atoms. The van der Waals surface area contributed by atoms with Crippen molar-refractivity contribution < 1.29 is 9.84 Å². The summed E-state index contributed by atoms with van der Waals surface area (Å²) < 4.78 is 6.55. The molecule has 1 unspecified atom stereocenters. The maximum atomic E-state index is 10.9. The zero-order valence-corrected chi connectivity index (χ0v) is 16.8. The Bertz CT molecular complexity index is 789. The van der Waals surface area contributed by atoms with Crippen LogP contribution in [0.25, 0.3) is 11.1 Å². The number of methoxy groups -OCH3 is 1. The van der Waals surface area contributed by atoms with E-state index in [0.29, 0.717) is 0 Å². The van der Waals surface area contributed by atoms with Crippen molar-refractivity contribution in [3.05, 3.63) is 57.6 Å². The summed E-state index contributed by atoms with van der Waals surface area (Å²) >= 11 is 5.32. The van der Waals surface area contributed by atoms with E-state index >= 15 is 0 Å². The van der Waals surface area contributed by atoms with E-state index in [1.54, 1.807) is 29.8 Å². The molecule has 2 heterocycles. The second-order valence-electron chi connectivity index (χ2n) is 5.70. The quantitative estimate of drug-likeness (QED) is 0.353. The second-order valence-corrected chi connectivity index (χ2v) is 8.93. The van der Waals surface area contributed by atoms with Crippen molar-refractivity contribution >= 4 is 34.4 Å². The van der Waals surface area contributed by atoms with Crippen LogP contribution in [0, 0.1) is 0 Å². The number of hydrogen-bond donors (Lipinski definition) is 1. The van der Waals surface area contributed by atoms with Gasteiger partial charge in [-0.25, -0.2) is 0 Å². The zero-order chi connectivity index (χ0) is 17.6. The van der Waals surface area contributed by atoms with Crippen LogP contribution in [0.5, 0.6) is 5.75 Å². The van der Waals surface area contributed by atoms with Crippen LogP contribution < -0.4 is 4.74 Å². The highest BCUT2D eigenvalue weighted by molar-refractivity contribution is 8.01. The molecule has 0 aliphatic rings. The van der Waals surface area contributed by atoms with Crippen LogP contribution in [-0.4, -0.2) is 18.0 Å². The van der Waals surface area contributed by atoms with Gasteiger partial charge in [-0.15, -0.1) is 34.4 Å². The third-order valence-corrected chi connectivity index (χ3v) is 7.32. The highest BCUT2D eigenvalue weighted by Crippen LogP contribution is 2.42. The van der Waals surface area contributed by atoms with E-state index in [-0.39, 0.29) is 0 Å². The molecule has 3 aromatic rings. The number of hydrogen-bond acceptors (Lipinski definition) is 5. The first-order valence-corrected chi connectivity index (χ1v) is 11.1. The number of thioether (sulfide) groups is 1. The van der Waals surface area contributed by atoms with Gasteiger partial charge in [0.15, 0.2) is 0 Å². The first-order chi connectivity index (χ1) is 12.2. The predicted molar refractivity (Wildman–Crippen MR) is 110 cm³/mol. The number of aliphatic hydroxyl groups is 1. The summed E-state index contributed by atoms with van der Waals surface area (Å²) in [6.07, 6.45) is 1.83. The number of thiophene rings is 2. The Labute approximate surface area is 161 Å². The number of rotatable bonds is 8. The molecule has 25 heavy (non-hydrogen) atoms. The highest BCUT2D eigenvalue weighted by Gasteiger charge is 2.19. The molecule has 132 valence electrons. The minimum Gasteiger partial charge on any atom is -0.497 e. The van der Waals surface area contributed by atoms with Crippen molar-refractivity contribution in [2.24, 2.45) is 0 Å². The largest absolute Gasteiger partial charge is 0.497 e. The summed E-state index contributed by atoms with van der Waals surface area (Å²) in [5.74, 6) is 1.94. The van der Waals surface area contributed by atoms with Gasteiger partial charge in [0, 0.05) is 16.0 Å². The number of ether oxygens (including phenoxy) is 1. The summed E-state index contributed by atoms with van der Waals surface area (Å²) in [4.78, 5) is 1.00. The predicted octanol–water partition coefficient (Wildman–Crippen LogP) is 6.46. The molecule has 0 amide bonds. The van der Waals surface area contributed by atoms with E-state index < -0.39 is 6.10 Å². The van der Waals surface area contributed by atoms with Crippen LogP contribution in [0.3, 0.4) is 0 Å². The fourth-order valence-electron chi connectivity index (χ4n) is 2.61. The third-order valence-electron chi connectivity index (χ3n) is 4.03. The van der Waals surface area contributed by atoms with E-state index in [4.69, 9.17) is 4.74 Å². The zero-order valence-electron chi connectivity index (χ0n) is 14.4. The molecule has 0 saturated carbocycles. The lowest BCUT2D eigenvalue weighted by Gasteiger charge is -2.13. The van der Waals surface area contributed by atoms with E-state index in [1.165, 1.54) is 22.6 Å². The van der Waals surface area contributed by atoms with Gasteiger partial charge in [0.1, 0.15) is 11.9 Å². The van der Waals surface area contributed by atoms with Crippen LogP contribution in [-0.2, 0) is 0 Å². The molecule has 1 aromatic carbocycles. The molecule has 1 N–H and O–H groups in total. The highest BCUT2D eigenvalue weighted by atomic mass is 32.2. The van der Waals surface area contributed by atoms with Crippen molar-refractivity contribution in [3.63, 3.8) is 0 Å². The van der Waals surface area contributed by atoms with Crippen molar-refractivity contribution in [1.82, 2.24) is 0 Å². The topological polar surface area (TPSA) is 29.5 Å². The van der Waals surface area contributed by atoms with Crippen LogP contribution >= 0.6 is 34.4 Å². The molecule has 1 atom stereocenters. The first-order valence-electron chi connectivity index (χ1n) is 8.34. The van der Waals surface area contributed by atoms with Gasteiger partial charge in [-0.3, -0.25) is 0 Å². The molecule has 0 fully saturated rings. The monoisotopic (exact) mass is 390 g/mol. The van der Waals surface area contributed by atoms with Crippen molar-refractivity contribution in [1.29, 1.82) is 0 Å². The molecule has 5 heteroatoms. The average Bonchev–Trinajstić information content (AvgIpc) is 3.30. The van der Waals surface area contributed by atoms with E-state index in [1.807, 2.05) is 36.0 Å². The van der Waals surface area contributed by atoms with Crippen LogP contribution in [0.15, 0.2) is 51.4 Å².